The summed E-state index contributed by atoms with van der Waals surface area (Å²) in [6.07, 6.45) is 9.77. The number of amides is 1. The third-order valence-corrected chi connectivity index (χ3v) is 6.83. The van der Waals surface area contributed by atoms with E-state index in [1.807, 2.05) is 36.4 Å². The van der Waals surface area contributed by atoms with Crippen LogP contribution in [-0.2, 0) is 4.79 Å². The smallest absolute Gasteiger partial charge is 0.247 e. The van der Waals surface area contributed by atoms with E-state index in [9.17, 15) is 15.0 Å². The van der Waals surface area contributed by atoms with Crippen molar-refractivity contribution in [3.63, 3.8) is 0 Å². The summed E-state index contributed by atoms with van der Waals surface area (Å²) in [5, 5.41) is 21.7. The SMILES string of the molecule is NC(=O)C1(C2CCCCC2O)C=Cc2ccccc2N1C1CCCCC1O. The second-order valence-corrected chi connectivity index (χ2v) is 8.33. The van der Waals surface area contributed by atoms with Gasteiger partial charge in [-0.3, -0.25) is 4.79 Å². The average molecular weight is 370 g/mol. The molecule has 5 atom stereocenters. The number of para-hydroxylation sites is 1. The van der Waals surface area contributed by atoms with Crippen LogP contribution in [0.4, 0.5) is 5.69 Å². The summed E-state index contributed by atoms with van der Waals surface area (Å²) in [7, 11) is 0. The van der Waals surface area contributed by atoms with Gasteiger partial charge in [-0.15, -0.1) is 0 Å². The standard InChI is InChI=1S/C22H30N2O3/c23-21(27)22(16-8-2-5-11-19(16)25)14-13-15-7-1-3-9-17(15)24(22)18-10-4-6-12-20(18)26/h1,3,7,9,13-14,16,18-20,25-26H,2,4-6,8,10-12H2,(H2,23,27). The van der Waals surface area contributed by atoms with Gasteiger partial charge in [0, 0.05) is 11.6 Å². The lowest BCUT2D eigenvalue weighted by molar-refractivity contribution is -0.126. The molecule has 1 aromatic rings. The Morgan fingerprint density at radius 1 is 1.00 bits per heavy atom. The predicted molar refractivity (Wildman–Crippen MR) is 106 cm³/mol. The Morgan fingerprint density at radius 2 is 1.67 bits per heavy atom. The number of primary amides is 1. The van der Waals surface area contributed by atoms with Gasteiger partial charge in [0.1, 0.15) is 5.54 Å². The molecule has 146 valence electrons. The van der Waals surface area contributed by atoms with Crippen LogP contribution in [0, 0.1) is 5.92 Å². The second-order valence-electron chi connectivity index (χ2n) is 8.33. The summed E-state index contributed by atoms with van der Waals surface area (Å²) < 4.78 is 0. The van der Waals surface area contributed by atoms with Crippen LogP contribution in [0.15, 0.2) is 30.3 Å². The number of fused-ring (bicyclic) bond motifs is 1. The van der Waals surface area contributed by atoms with Gasteiger partial charge in [-0.2, -0.15) is 0 Å². The fraction of sp³-hybridized carbons (Fsp3) is 0.591. The van der Waals surface area contributed by atoms with Crippen LogP contribution in [-0.4, -0.2) is 39.9 Å². The van der Waals surface area contributed by atoms with Crippen molar-refractivity contribution in [2.24, 2.45) is 11.7 Å². The normalized spacial score (nSPS) is 36.3. The van der Waals surface area contributed by atoms with E-state index in [4.69, 9.17) is 5.73 Å². The minimum Gasteiger partial charge on any atom is -0.393 e. The maximum absolute atomic E-state index is 13.0. The van der Waals surface area contributed by atoms with Crippen LogP contribution in [0.1, 0.15) is 56.9 Å². The molecular formula is C22H30N2O3. The quantitative estimate of drug-likeness (QED) is 0.763. The van der Waals surface area contributed by atoms with Crippen molar-refractivity contribution < 1.29 is 15.0 Å². The van der Waals surface area contributed by atoms with Gasteiger partial charge in [0.05, 0.1) is 18.2 Å². The predicted octanol–water partition coefficient (Wildman–Crippen LogP) is 2.60. The maximum Gasteiger partial charge on any atom is 0.247 e. The zero-order chi connectivity index (χ0) is 19.0. The van der Waals surface area contributed by atoms with E-state index in [-0.39, 0.29) is 12.0 Å². The van der Waals surface area contributed by atoms with Crippen LogP contribution in [0.2, 0.25) is 0 Å². The summed E-state index contributed by atoms with van der Waals surface area (Å²) in [5.74, 6) is -0.695. The number of nitrogens with two attached hydrogens (primary N) is 1. The molecule has 4 N–H and O–H groups in total. The molecule has 2 aliphatic carbocycles. The molecule has 5 heteroatoms. The average Bonchev–Trinajstić information content (AvgIpc) is 2.68. The van der Waals surface area contributed by atoms with E-state index < -0.39 is 23.7 Å². The van der Waals surface area contributed by atoms with E-state index in [2.05, 4.69) is 4.90 Å². The number of hydrogen-bond donors (Lipinski definition) is 3. The Balaban J connectivity index is 1.88. The molecule has 3 aliphatic rings. The maximum atomic E-state index is 13.0. The molecule has 4 rings (SSSR count). The Morgan fingerprint density at radius 3 is 2.37 bits per heavy atom. The van der Waals surface area contributed by atoms with Crippen LogP contribution in [0.5, 0.6) is 0 Å². The van der Waals surface area contributed by atoms with Crippen molar-refractivity contribution >= 4 is 17.7 Å². The van der Waals surface area contributed by atoms with Crippen LogP contribution in [0.3, 0.4) is 0 Å². The van der Waals surface area contributed by atoms with Crippen molar-refractivity contribution in [2.75, 3.05) is 4.90 Å². The van der Waals surface area contributed by atoms with E-state index in [0.717, 1.165) is 56.2 Å². The van der Waals surface area contributed by atoms with Crippen LogP contribution >= 0.6 is 0 Å². The van der Waals surface area contributed by atoms with Crippen molar-refractivity contribution in [2.45, 2.75) is 75.2 Å². The largest absolute Gasteiger partial charge is 0.393 e. The number of anilines is 1. The molecule has 0 saturated heterocycles. The van der Waals surface area contributed by atoms with E-state index >= 15 is 0 Å². The molecule has 27 heavy (non-hydrogen) atoms. The topological polar surface area (TPSA) is 86.8 Å². The lowest BCUT2D eigenvalue weighted by atomic mass is 9.68. The fourth-order valence-corrected chi connectivity index (χ4v) is 5.50. The van der Waals surface area contributed by atoms with Gasteiger partial charge in [0.2, 0.25) is 5.91 Å². The molecule has 2 fully saturated rings. The monoisotopic (exact) mass is 370 g/mol. The highest BCUT2D eigenvalue weighted by molar-refractivity contribution is 5.96. The van der Waals surface area contributed by atoms with Crippen LogP contribution in [0.25, 0.3) is 6.08 Å². The Bertz CT molecular complexity index is 734. The molecular weight excluding hydrogens is 340 g/mol. The number of carbonyl (C=O) groups excluding carboxylic acids is 1. The summed E-state index contributed by atoms with van der Waals surface area (Å²) in [6.45, 7) is 0. The number of rotatable bonds is 3. The van der Waals surface area contributed by atoms with E-state index in [1.165, 1.54) is 0 Å². The number of aliphatic hydroxyl groups excluding tert-OH is 2. The van der Waals surface area contributed by atoms with Crippen molar-refractivity contribution in [3.8, 4) is 0 Å². The highest BCUT2D eigenvalue weighted by Crippen LogP contribution is 2.47. The first-order chi connectivity index (χ1) is 13.1. The molecule has 1 heterocycles. The van der Waals surface area contributed by atoms with Gasteiger partial charge < -0.3 is 20.8 Å². The van der Waals surface area contributed by atoms with E-state index in [1.54, 1.807) is 0 Å². The third-order valence-electron chi connectivity index (χ3n) is 6.83. The molecule has 0 spiro atoms. The minimum atomic E-state index is -1.10. The van der Waals surface area contributed by atoms with Gasteiger partial charge in [-0.25, -0.2) is 0 Å². The van der Waals surface area contributed by atoms with E-state index in [0.29, 0.717) is 6.42 Å². The highest BCUT2D eigenvalue weighted by atomic mass is 16.3. The van der Waals surface area contributed by atoms with Gasteiger partial charge in [0.25, 0.3) is 0 Å². The lowest BCUT2D eigenvalue weighted by Gasteiger charge is -2.55. The molecule has 0 radical (unpaired) electrons. The number of nitrogens with zero attached hydrogens (tertiary/aromatic N) is 1. The van der Waals surface area contributed by atoms with Gasteiger partial charge in [-0.1, -0.05) is 50.0 Å². The van der Waals surface area contributed by atoms with Crippen LogP contribution < -0.4 is 10.6 Å². The molecule has 1 amide bonds. The summed E-state index contributed by atoms with van der Waals surface area (Å²) in [4.78, 5) is 15.1. The number of aliphatic hydroxyl groups is 2. The number of carbonyl (C=O) groups is 1. The fourth-order valence-electron chi connectivity index (χ4n) is 5.50. The van der Waals surface area contributed by atoms with Crippen molar-refractivity contribution in [1.29, 1.82) is 0 Å². The van der Waals surface area contributed by atoms with Gasteiger partial charge in [0.15, 0.2) is 0 Å². The Kier molecular flexibility index (Phi) is 4.99. The van der Waals surface area contributed by atoms with Gasteiger partial charge in [-0.05, 0) is 43.4 Å². The zero-order valence-electron chi connectivity index (χ0n) is 15.8. The Labute approximate surface area is 160 Å². The zero-order valence-corrected chi connectivity index (χ0v) is 15.8. The molecule has 1 aromatic carbocycles. The highest BCUT2D eigenvalue weighted by Gasteiger charge is 2.55. The molecule has 0 bridgehead atoms. The first kappa shape index (κ1) is 18.5. The van der Waals surface area contributed by atoms with Gasteiger partial charge >= 0.3 is 0 Å². The molecule has 1 aliphatic heterocycles. The third kappa shape index (κ3) is 2.97. The minimum absolute atomic E-state index is 0.175. The first-order valence-electron chi connectivity index (χ1n) is 10.3. The molecule has 0 aromatic heterocycles. The van der Waals surface area contributed by atoms with Crippen molar-refractivity contribution in [3.05, 3.63) is 35.9 Å². The molecule has 2 saturated carbocycles. The molecule has 5 unspecified atom stereocenters. The number of benzene rings is 1. The summed E-state index contributed by atoms with van der Waals surface area (Å²) in [6, 6.07) is 7.80. The first-order valence-corrected chi connectivity index (χ1v) is 10.3. The lowest BCUT2D eigenvalue weighted by Crippen LogP contribution is -2.69. The summed E-state index contributed by atoms with van der Waals surface area (Å²) in [5.41, 5.74) is 6.93. The number of hydrogen-bond acceptors (Lipinski definition) is 4. The summed E-state index contributed by atoms with van der Waals surface area (Å²) >= 11 is 0. The molecule has 5 nitrogen and oxygen atoms in total. The van der Waals surface area contributed by atoms with Crippen molar-refractivity contribution in [1.82, 2.24) is 0 Å². The second kappa shape index (κ2) is 7.28. The Hall–Kier alpha value is -1.85.